The molecule has 0 unspecified atom stereocenters. The minimum Gasteiger partial charge on any atom is -0.381 e. The average molecular weight is 195 g/mol. The molecule has 0 radical (unpaired) electrons. The van der Waals surface area contributed by atoms with Gasteiger partial charge in [0.1, 0.15) is 12.0 Å². The Hall–Kier alpha value is -1.49. The van der Waals surface area contributed by atoms with Crippen molar-refractivity contribution in [3.05, 3.63) is 29.0 Å². The summed E-state index contributed by atoms with van der Waals surface area (Å²) in [6.07, 6.45) is 1.26. The highest BCUT2D eigenvalue weighted by atomic mass is 32.1. The van der Waals surface area contributed by atoms with Crippen LogP contribution in [0.4, 0.5) is 10.2 Å². The van der Waals surface area contributed by atoms with Crippen LogP contribution < -0.4 is 5.73 Å². The van der Waals surface area contributed by atoms with Gasteiger partial charge < -0.3 is 5.73 Å². The molecule has 0 saturated carbocycles. The van der Waals surface area contributed by atoms with Crippen LogP contribution in [0, 0.1) is 5.82 Å². The number of rotatable bonds is 1. The summed E-state index contributed by atoms with van der Waals surface area (Å²) < 4.78 is 13.3. The van der Waals surface area contributed by atoms with Crippen LogP contribution >= 0.6 is 11.3 Å². The molecule has 0 aromatic carbocycles. The molecule has 0 fully saturated rings. The Bertz CT molecular complexity index is 413. The highest BCUT2D eigenvalue weighted by Crippen LogP contribution is 2.24. The van der Waals surface area contributed by atoms with Gasteiger partial charge in [0.25, 0.3) is 0 Å². The van der Waals surface area contributed by atoms with Crippen LogP contribution in [0.5, 0.6) is 0 Å². The predicted octanol–water partition coefficient (Wildman–Crippen LogP) is 1.93. The Morgan fingerprint density at radius 3 is 2.92 bits per heavy atom. The monoisotopic (exact) mass is 195 g/mol. The van der Waals surface area contributed by atoms with Crippen molar-refractivity contribution in [2.24, 2.45) is 0 Å². The zero-order valence-electron chi connectivity index (χ0n) is 6.57. The molecule has 0 aliphatic carbocycles. The lowest BCUT2D eigenvalue weighted by Crippen LogP contribution is -1.98. The highest BCUT2D eigenvalue weighted by molar-refractivity contribution is 7.08. The molecule has 5 heteroatoms. The predicted molar refractivity (Wildman–Crippen MR) is 49.7 cm³/mol. The summed E-state index contributed by atoms with van der Waals surface area (Å²) in [5, 5.41) is 3.66. The molecule has 0 amide bonds. The van der Waals surface area contributed by atoms with Crippen molar-refractivity contribution in [1.82, 2.24) is 9.97 Å². The zero-order valence-corrected chi connectivity index (χ0v) is 7.38. The van der Waals surface area contributed by atoms with E-state index < -0.39 is 5.82 Å². The second-order valence-corrected chi connectivity index (χ2v) is 3.21. The van der Waals surface area contributed by atoms with Gasteiger partial charge in [0, 0.05) is 10.9 Å². The molecule has 2 heterocycles. The van der Waals surface area contributed by atoms with Gasteiger partial charge in [-0.2, -0.15) is 11.3 Å². The fraction of sp³-hybridized carbons (Fsp3) is 0. The van der Waals surface area contributed by atoms with E-state index in [4.69, 9.17) is 5.73 Å². The fourth-order valence-corrected chi connectivity index (χ4v) is 1.62. The quantitative estimate of drug-likeness (QED) is 0.756. The summed E-state index contributed by atoms with van der Waals surface area (Å²) in [5.41, 5.74) is 6.30. The molecule has 2 aromatic heterocycles. The number of nitrogens with zero attached hydrogens (tertiary/aromatic N) is 2. The molecule has 2 N–H and O–H groups in total. The Morgan fingerprint density at radius 1 is 1.38 bits per heavy atom. The molecule has 2 aromatic rings. The van der Waals surface area contributed by atoms with Crippen molar-refractivity contribution in [2.45, 2.75) is 0 Å². The topological polar surface area (TPSA) is 51.8 Å². The Morgan fingerprint density at radius 2 is 2.23 bits per heavy atom. The van der Waals surface area contributed by atoms with Crippen LogP contribution in [-0.2, 0) is 0 Å². The summed E-state index contributed by atoms with van der Waals surface area (Å²) in [6.45, 7) is 0. The van der Waals surface area contributed by atoms with Crippen LogP contribution in [0.15, 0.2) is 23.2 Å². The maximum absolute atomic E-state index is 13.3. The van der Waals surface area contributed by atoms with Gasteiger partial charge in [-0.15, -0.1) is 0 Å². The molecule has 0 atom stereocenters. The maximum Gasteiger partial charge on any atom is 0.191 e. The third-order valence-corrected chi connectivity index (χ3v) is 2.29. The number of thiophene rings is 1. The third kappa shape index (κ3) is 1.38. The van der Waals surface area contributed by atoms with E-state index in [1.165, 1.54) is 17.7 Å². The minimum absolute atomic E-state index is 0.115. The largest absolute Gasteiger partial charge is 0.381 e. The van der Waals surface area contributed by atoms with Crippen LogP contribution in [0.2, 0.25) is 0 Å². The number of halogens is 1. The minimum atomic E-state index is -0.555. The molecule has 0 aliphatic rings. The summed E-state index contributed by atoms with van der Waals surface area (Å²) in [6, 6.07) is 1.79. The Kier molecular flexibility index (Phi) is 1.94. The molecule has 0 aliphatic heterocycles. The molecule has 3 nitrogen and oxygen atoms in total. The van der Waals surface area contributed by atoms with E-state index in [0.717, 1.165) is 5.56 Å². The van der Waals surface area contributed by atoms with Crippen molar-refractivity contribution in [3.8, 4) is 11.3 Å². The van der Waals surface area contributed by atoms with Crippen molar-refractivity contribution >= 4 is 17.2 Å². The lowest BCUT2D eigenvalue weighted by atomic mass is 10.2. The van der Waals surface area contributed by atoms with Gasteiger partial charge in [0.15, 0.2) is 11.6 Å². The van der Waals surface area contributed by atoms with Crippen molar-refractivity contribution in [1.29, 1.82) is 0 Å². The summed E-state index contributed by atoms with van der Waals surface area (Å²) in [4.78, 5) is 7.37. The molecule has 66 valence electrons. The third-order valence-electron chi connectivity index (χ3n) is 1.61. The van der Waals surface area contributed by atoms with E-state index in [1.54, 1.807) is 6.07 Å². The van der Waals surface area contributed by atoms with Gasteiger partial charge in [-0.1, -0.05) is 0 Å². The van der Waals surface area contributed by atoms with Crippen LogP contribution in [-0.4, -0.2) is 9.97 Å². The number of aromatic nitrogens is 2. The Balaban J connectivity index is 2.59. The van der Waals surface area contributed by atoms with E-state index in [9.17, 15) is 4.39 Å². The second-order valence-electron chi connectivity index (χ2n) is 2.43. The first kappa shape index (κ1) is 8.12. The molecule has 13 heavy (non-hydrogen) atoms. The van der Waals surface area contributed by atoms with Gasteiger partial charge in [-0.25, -0.2) is 14.4 Å². The molecular formula is C8H6FN3S. The van der Waals surface area contributed by atoms with Gasteiger partial charge in [-0.05, 0) is 11.4 Å². The first-order valence-corrected chi connectivity index (χ1v) is 4.52. The average Bonchev–Trinajstić information content (AvgIpc) is 2.62. The van der Waals surface area contributed by atoms with E-state index in [-0.39, 0.29) is 11.5 Å². The first-order valence-electron chi connectivity index (χ1n) is 3.57. The lowest BCUT2D eigenvalue weighted by molar-refractivity contribution is 0.624. The summed E-state index contributed by atoms with van der Waals surface area (Å²) in [5.74, 6) is -0.669. The fourth-order valence-electron chi connectivity index (χ4n) is 0.984. The molecule has 0 spiro atoms. The van der Waals surface area contributed by atoms with Gasteiger partial charge in [-0.3, -0.25) is 0 Å². The number of nitrogens with two attached hydrogens (primary N) is 1. The summed E-state index contributed by atoms with van der Waals surface area (Å²) >= 11 is 1.48. The first-order chi connectivity index (χ1) is 6.29. The van der Waals surface area contributed by atoms with Gasteiger partial charge in [0.05, 0.1) is 0 Å². The van der Waals surface area contributed by atoms with E-state index in [1.807, 2.05) is 10.8 Å². The normalized spacial score (nSPS) is 10.2. The van der Waals surface area contributed by atoms with Crippen LogP contribution in [0.1, 0.15) is 0 Å². The number of nitrogen functional groups attached to an aromatic ring is 1. The van der Waals surface area contributed by atoms with E-state index in [2.05, 4.69) is 9.97 Å². The number of hydrogen-bond acceptors (Lipinski definition) is 4. The second kappa shape index (κ2) is 3.10. The molecule has 0 saturated heterocycles. The molecule has 2 rings (SSSR count). The van der Waals surface area contributed by atoms with E-state index >= 15 is 0 Å². The molecule has 0 bridgehead atoms. The number of hydrogen-bond donors (Lipinski definition) is 1. The number of anilines is 1. The SMILES string of the molecule is Nc1ncnc(-c2ccsc2)c1F. The van der Waals surface area contributed by atoms with Crippen LogP contribution in [0.3, 0.4) is 0 Å². The van der Waals surface area contributed by atoms with Crippen molar-refractivity contribution in [3.63, 3.8) is 0 Å². The van der Waals surface area contributed by atoms with Crippen LogP contribution in [0.25, 0.3) is 11.3 Å². The van der Waals surface area contributed by atoms with E-state index in [0.29, 0.717) is 0 Å². The van der Waals surface area contributed by atoms with Crippen molar-refractivity contribution in [2.75, 3.05) is 5.73 Å². The lowest BCUT2D eigenvalue weighted by Gasteiger charge is -1.99. The maximum atomic E-state index is 13.3. The molecular weight excluding hydrogens is 189 g/mol. The standard InChI is InChI=1S/C8H6FN3S/c9-6-7(5-1-2-13-3-5)11-4-12-8(6)10/h1-4H,(H2,10,11,12). The highest BCUT2D eigenvalue weighted by Gasteiger charge is 2.10. The Labute approximate surface area is 78.1 Å². The smallest absolute Gasteiger partial charge is 0.191 e. The summed E-state index contributed by atoms with van der Waals surface area (Å²) in [7, 11) is 0. The van der Waals surface area contributed by atoms with Crippen molar-refractivity contribution < 1.29 is 4.39 Å². The zero-order chi connectivity index (χ0) is 9.26. The van der Waals surface area contributed by atoms with Gasteiger partial charge >= 0.3 is 0 Å². The van der Waals surface area contributed by atoms with Gasteiger partial charge in [0.2, 0.25) is 0 Å².